The predicted octanol–water partition coefficient (Wildman–Crippen LogP) is 1.54. The maximum Gasteiger partial charge on any atom is 0.239 e. The summed E-state index contributed by atoms with van der Waals surface area (Å²) < 4.78 is 23.6. The number of rotatable bonds is 7. The molecular weight excluding hydrogens is 276 g/mol. The molecule has 0 spiro atoms. The van der Waals surface area contributed by atoms with Gasteiger partial charge in [0.15, 0.2) is 9.84 Å². The second-order valence-electron chi connectivity index (χ2n) is 5.18. The molecule has 0 aliphatic heterocycles. The third-order valence-electron chi connectivity index (χ3n) is 2.87. The second-order valence-corrected chi connectivity index (χ2v) is 7.37. The Hall–Kier alpha value is -1.40. The third-order valence-corrected chi connectivity index (χ3v) is 4.43. The molecule has 0 bridgehead atoms. The number of benzene rings is 1. The van der Waals surface area contributed by atoms with Crippen LogP contribution in [0.4, 0.5) is 5.69 Å². The third kappa shape index (κ3) is 5.71. The zero-order valence-corrected chi connectivity index (χ0v) is 12.7. The molecule has 20 heavy (non-hydrogen) atoms. The molecule has 1 rings (SSSR count). The van der Waals surface area contributed by atoms with Crippen LogP contribution in [0.5, 0.6) is 0 Å². The largest absolute Gasteiger partial charge is 0.326 e. The van der Waals surface area contributed by atoms with Crippen LogP contribution in [0.25, 0.3) is 0 Å². The van der Waals surface area contributed by atoms with Crippen molar-refractivity contribution in [1.82, 2.24) is 0 Å². The van der Waals surface area contributed by atoms with Crippen molar-refractivity contribution in [3.8, 4) is 0 Å². The zero-order chi connectivity index (χ0) is 15.2. The minimum absolute atomic E-state index is 0.0383. The summed E-state index contributed by atoms with van der Waals surface area (Å²) in [5, 5.41) is 2.61. The number of hydrogen-bond donors (Lipinski definition) is 2. The van der Waals surface area contributed by atoms with E-state index in [4.69, 9.17) is 5.73 Å². The molecule has 3 N–H and O–H groups in total. The van der Waals surface area contributed by atoms with Gasteiger partial charge in [-0.25, -0.2) is 8.42 Å². The van der Waals surface area contributed by atoms with Gasteiger partial charge in [0.05, 0.1) is 5.75 Å². The molecule has 0 saturated carbocycles. The summed E-state index contributed by atoms with van der Waals surface area (Å²) in [4.78, 5) is 11.8. The smallest absolute Gasteiger partial charge is 0.239 e. The lowest BCUT2D eigenvalue weighted by atomic mass is 10.2. The average molecular weight is 298 g/mol. The van der Waals surface area contributed by atoms with Gasteiger partial charge in [-0.3, -0.25) is 4.79 Å². The topological polar surface area (TPSA) is 89.3 Å². The first-order chi connectivity index (χ1) is 9.34. The molecule has 6 heteroatoms. The van der Waals surface area contributed by atoms with Gasteiger partial charge >= 0.3 is 0 Å². The minimum Gasteiger partial charge on any atom is -0.326 e. The van der Waals surface area contributed by atoms with Gasteiger partial charge in [-0.15, -0.1) is 0 Å². The van der Waals surface area contributed by atoms with Crippen LogP contribution in [-0.2, 0) is 21.2 Å². The number of para-hydroxylation sites is 1. The summed E-state index contributed by atoms with van der Waals surface area (Å²) in [5.41, 5.74) is 6.91. The van der Waals surface area contributed by atoms with Crippen molar-refractivity contribution in [3.05, 3.63) is 29.8 Å². The molecule has 1 aromatic carbocycles. The quantitative estimate of drug-likeness (QED) is 0.799. The van der Waals surface area contributed by atoms with Gasteiger partial charge in [0, 0.05) is 12.2 Å². The van der Waals surface area contributed by atoms with Gasteiger partial charge in [0.25, 0.3) is 0 Å². The molecule has 0 radical (unpaired) electrons. The van der Waals surface area contributed by atoms with E-state index in [0.29, 0.717) is 18.0 Å². The van der Waals surface area contributed by atoms with E-state index in [0.717, 1.165) is 5.56 Å². The average Bonchev–Trinajstić information content (AvgIpc) is 2.36. The van der Waals surface area contributed by atoms with Gasteiger partial charge in [0.2, 0.25) is 5.91 Å². The standard InChI is InChI=1S/C14H22N2O3S/c1-11(2)7-8-20(18,19)10-14(17)16-13-6-4-3-5-12(13)9-15/h3-6,11H,7-10,15H2,1-2H3,(H,16,17). The molecule has 1 aromatic rings. The van der Waals surface area contributed by atoms with Crippen LogP contribution in [0, 0.1) is 5.92 Å². The van der Waals surface area contributed by atoms with Crippen LogP contribution >= 0.6 is 0 Å². The number of carbonyl (C=O) groups excluding carboxylic acids is 1. The highest BCUT2D eigenvalue weighted by Crippen LogP contribution is 2.14. The van der Waals surface area contributed by atoms with Gasteiger partial charge in [-0.05, 0) is 24.0 Å². The van der Waals surface area contributed by atoms with E-state index in [-0.39, 0.29) is 12.3 Å². The molecule has 0 saturated heterocycles. The van der Waals surface area contributed by atoms with Crippen LogP contribution in [0.2, 0.25) is 0 Å². The summed E-state index contributed by atoms with van der Waals surface area (Å²) in [7, 11) is -3.36. The van der Waals surface area contributed by atoms with Crippen LogP contribution in [0.15, 0.2) is 24.3 Å². The highest BCUT2D eigenvalue weighted by atomic mass is 32.2. The normalized spacial score (nSPS) is 11.6. The highest BCUT2D eigenvalue weighted by molar-refractivity contribution is 7.92. The molecule has 5 nitrogen and oxygen atoms in total. The Bertz CT molecular complexity index is 553. The minimum atomic E-state index is -3.36. The molecule has 0 atom stereocenters. The van der Waals surface area contributed by atoms with Gasteiger partial charge < -0.3 is 11.1 Å². The van der Waals surface area contributed by atoms with Crippen molar-refractivity contribution in [1.29, 1.82) is 0 Å². The lowest BCUT2D eigenvalue weighted by Gasteiger charge is -2.10. The second kappa shape index (κ2) is 7.40. The number of carbonyl (C=O) groups is 1. The predicted molar refractivity (Wildman–Crippen MR) is 81.1 cm³/mol. The number of hydrogen-bond acceptors (Lipinski definition) is 4. The van der Waals surface area contributed by atoms with E-state index in [1.54, 1.807) is 18.2 Å². The van der Waals surface area contributed by atoms with Crippen molar-refractivity contribution in [2.45, 2.75) is 26.8 Å². The summed E-state index contributed by atoms with van der Waals surface area (Å²) in [6.07, 6.45) is 0.564. The number of anilines is 1. The summed E-state index contributed by atoms with van der Waals surface area (Å²) in [6.45, 7) is 4.19. The van der Waals surface area contributed by atoms with Crippen molar-refractivity contribution in [2.24, 2.45) is 11.7 Å². The van der Waals surface area contributed by atoms with Crippen LogP contribution in [0.3, 0.4) is 0 Å². The fraction of sp³-hybridized carbons (Fsp3) is 0.500. The van der Waals surface area contributed by atoms with Gasteiger partial charge in [0.1, 0.15) is 5.75 Å². The van der Waals surface area contributed by atoms with Crippen LogP contribution in [-0.4, -0.2) is 25.8 Å². The molecule has 112 valence electrons. The number of sulfone groups is 1. The molecule has 0 unspecified atom stereocenters. The molecule has 0 aliphatic rings. The first kappa shape index (κ1) is 16.7. The lowest BCUT2D eigenvalue weighted by molar-refractivity contribution is -0.113. The zero-order valence-electron chi connectivity index (χ0n) is 11.9. The van der Waals surface area contributed by atoms with Crippen molar-refractivity contribution in [3.63, 3.8) is 0 Å². The van der Waals surface area contributed by atoms with E-state index in [1.165, 1.54) is 0 Å². The first-order valence-corrected chi connectivity index (χ1v) is 8.44. The maximum absolute atomic E-state index is 11.8. The summed E-state index contributed by atoms with van der Waals surface area (Å²) in [5.74, 6) is -0.671. The number of nitrogens with two attached hydrogens (primary N) is 1. The number of nitrogens with one attached hydrogen (secondary N) is 1. The van der Waals surface area contributed by atoms with E-state index in [1.807, 2.05) is 19.9 Å². The number of amides is 1. The van der Waals surface area contributed by atoms with Crippen molar-refractivity contribution in [2.75, 3.05) is 16.8 Å². The summed E-state index contributed by atoms with van der Waals surface area (Å²) in [6, 6.07) is 7.09. The van der Waals surface area contributed by atoms with Crippen molar-refractivity contribution >= 4 is 21.4 Å². The summed E-state index contributed by atoms with van der Waals surface area (Å²) >= 11 is 0. The molecular formula is C14H22N2O3S. The van der Waals surface area contributed by atoms with Crippen molar-refractivity contribution < 1.29 is 13.2 Å². The van der Waals surface area contributed by atoms with E-state index >= 15 is 0 Å². The van der Waals surface area contributed by atoms with E-state index in [2.05, 4.69) is 5.32 Å². The molecule has 0 aromatic heterocycles. The fourth-order valence-electron chi connectivity index (χ4n) is 1.69. The van der Waals surface area contributed by atoms with Crippen LogP contribution < -0.4 is 11.1 Å². The Morgan fingerprint density at radius 2 is 1.95 bits per heavy atom. The Kier molecular flexibility index (Phi) is 6.16. The maximum atomic E-state index is 11.8. The fourth-order valence-corrected chi connectivity index (χ4v) is 3.14. The lowest BCUT2D eigenvalue weighted by Crippen LogP contribution is -2.25. The monoisotopic (exact) mass is 298 g/mol. The van der Waals surface area contributed by atoms with Gasteiger partial charge in [-0.1, -0.05) is 32.0 Å². The Morgan fingerprint density at radius 1 is 1.30 bits per heavy atom. The molecule has 0 aliphatic carbocycles. The first-order valence-electron chi connectivity index (χ1n) is 6.62. The van der Waals surface area contributed by atoms with Gasteiger partial charge in [-0.2, -0.15) is 0 Å². The van der Waals surface area contributed by atoms with Crippen LogP contribution in [0.1, 0.15) is 25.8 Å². The van der Waals surface area contributed by atoms with E-state index < -0.39 is 21.5 Å². The molecule has 0 heterocycles. The molecule has 0 fully saturated rings. The Balaban J connectivity index is 2.63. The van der Waals surface area contributed by atoms with E-state index in [9.17, 15) is 13.2 Å². The molecule has 1 amide bonds. The Labute approximate surface area is 120 Å². The Morgan fingerprint density at radius 3 is 2.55 bits per heavy atom. The highest BCUT2D eigenvalue weighted by Gasteiger charge is 2.17. The SMILES string of the molecule is CC(C)CCS(=O)(=O)CC(=O)Nc1ccccc1CN.